The highest BCUT2D eigenvalue weighted by Gasteiger charge is 2.23. The van der Waals surface area contributed by atoms with E-state index in [2.05, 4.69) is 47.6 Å². The summed E-state index contributed by atoms with van der Waals surface area (Å²) in [6.45, 7) is 13.1. The maximum atomic E-state index is 9.91. The Morgan fingerprint density at radius 1 is 1.06 bits per heavy atom. The van der Waals surface area contributed by atoms with E-state index in [-0.39, 0.29) is 10.8 Å². The maximum absolute atomic E-state index is 9.91. The predicted molar refractivity (Wildman–Crippen MR) is 70.1 cm³/mol. The average molecular weight is 220 g/mol. The van der Waals surface area contributed by atoms with E-state index in [1.54, 1.807) is 0 Å². The minimum Gasteiger partial charge on any atom is -0.508 e. The van der Waals surface area contributed by atoms with Crippen LogP contribution in [0.25, 0.3) is 0 Å². The van der Waals surface area contributed by atoms with Gasteiger partial charge in [0.25, 0.3) is 0 Å². The molecule has 0 unspecified atom stereocenters. The Morgan fingerprint density at radius 2 is 1.62 bits per heavy atom. The van der Waals surface area contributed by atoms with Crippen LogP contribution in [0, 0.1) is 0 Å². The van der Waals surface area contributed by atoms with Gasteiger partial charge in [-0.2, -0.15) is 0 Å². The third kappa shape index (κ3) is 2.58. The zero-order valence-electron chi connectivity index (χ0n) is 11.4. The molecule has 0 heterocycles. The first-order chi connectivity index (χ1) is 7.18. The summed E-state index contributed by atoms with van der Waals surface area (Å²) < 4.78 is 0. The lowest BCUT2D eigenvalue weighted by molar-refractivity contribution is 0.442. The fourth-order valence-corrected chi connectivity index (χ4v) is 1.76. The number of aromatic hydroxyl groups is 1. The topological polar surface area (TPSA) is 20.2 Å². The lowest BCUT2D eigenvalue weighted by atomic mass is 9.78. The molecule has 0 spiro atoms. The van der Waals surface area contributed by atoms with Crippen LogP contribution in [0.5, 0.6) is 5.75 Å². The molecule has 0 aromatic heterocycles. The van der Waals surface area contributed by atoms with Gasteiger partial charge < -0.3 is 5.11 Å². The van der Waals surface area contributed by atoms with Gasteiger partial charge in [-0.05, 0) is 34.4 Å². The second-order valence-corrected chi connectivity index (χ2v) is 6.22. The zero-order valence-corrected chi connectivity index (χ0v) is 11.4. The first kappa shape index (κ1) is 13.1. The van der Waals surface area contributed by atoms with E-state index in [0.717, 1.165) is 12.0 Å². The minimum absolute atomic E-state index is 0.0100. The van der Waals surface area contributed by atoms with Gasteiger partial charge in [-0.25, -0.2) is 0 Å². The first-order valence-corrected chi connectivity index (χ1v) is 6.02. The summed E-state index contributed by atoms with van der Waals surface area (Å²) in [6, 6.07) is 6.01. The van der Waals surface area contributed by atoms with Crippen LogP contribution >= 0.6 is 0 Å². The van der Waals surface area contributed by atoms with Gasteiger partial charge in [-0.3, -0.25) is 0 Å². The average Bonchev–Trinajstić information content (AvgIpc) is 2.16. The molecule has 0 aliphatic carbocycles. The van der Waals surface area contributed by atoms with Gasteiger partial charge in [0.15, 0.2) is 0 Å². The Balaban J connectivity index is 3.29. The lowest BCUT2D eigenvalue weighted by Crippen LogP contribution is -2.18. The van der Waals surface area contributed by atoms with E-state index in [4.69, 9.17) is 0 Å². The molecule has 1 aromatic carbocycles. The van der Waals surface area contributed by atoms with Gasteiger partial charge in [0.1, 0.15) is 5.75 Å². The fraction of sp³-hybridized carbons (Fsp3) is 0.600. The molecule has 16 heavy (non-hydrogen) atoms. The van der Waals surface area contributed by atoms with E-state index in [1.807, 2.05) is 12.1 Å². The van der Waals surface area contributed by atoms with Gasteiger partial charge in [0.05, 0.1) is 0 Å². The number of benzene rings is 1. The van der Waals surface area contributed by atoms with Crippen molar-refractivity contribution in [2.24, 2.45) is 0 Å². The molecule has 0 fully saturated rings. The number of phenols is 1. The Hall–Kier alpha value is -0.980. The number of phenolic OH excluding ortho intramolecular Hbond substituents is 1. The molecule has 0 radical (unpaired) electrons. The minimum atomic E-state index is -0.0100. The van der Waals surface area contributed by atoms with Crippen molar-refractivity contribution < 1.29 is 5.11 Å². The maximum Gasteiger partial charge on any atom is 0.119 e. The van der Waals surface area contributed by atoms with Crippen LogP contribution in [-0.4, -0.2) is 5.11 Å². The summed E-state index contributed by atoms with van der Waals surface area (Å²) in [6.07, 6.45) is 1.10. The van der Waals surface area contributed by atoms with Gasteiger partial charge in [0.2, 0.25) is 0 Å². The highest BCUT2D eigenvalue weighted by Crippen LogP contribution is 2.35. The Morgan fingerprint density at radius 3 is 2.06 bits per heavy atom. The summed E-state index contributed by atoms with van der Waals surface area (Å²) >= 11 is 0. The molecule has 0 aliphatic heterocycles. The van der Waals surface area contributed by atoms with Gasteiger partial charge in [-0.1, -0.05) is 53.7 Å². The molecule has 1 heteroatoms. The van der Waals surface area contributed by atoms with Crippen LogP contribution in [0.15, 0.2) is 18.2 Å². The van der Waals surface area contributed by atoms with E-state index in [0.29, 0.717) is 5.75 Å². The summed E-state index contributed by atoms with van der Waals surface area (Å²) in [5.41, 5.74) is 2.50. The number of rotatable bonds is 2. The van der Waals surface area contributed by atoms with Crippen LogP contribution in [0.4, 0.5) is 0 Å². The van der Waals surface area contributed by atoms with Crippen molar-refractivity contribution in [3.05, 3.63) is 29.3 Å². The quantitative estimate of drug-likeness (QED) is 0.784. The summed E-state index contributed by atoms with van der Waals surface area (Å²) in [5.74, 6) is 0.406. The molecule has 1 N–H and O–H groups in total. The summed E-state index contributed by atoms with van der Waals surface area (Å²) in [7, 11) is 0. The smallest absolute Gasteiger partial charge is 0.119 e. The van der Waals surface area contributed by atoms with Crippen LogP contribution in [0.2, 0.25) is 0 Å². The summed E-state index contributed by atoms with van der Waals surface area (Å²) in [4.78, 5) is 0. The molecule has 0 saturated heterocycles. The molecule has 0 atom stereocenters. The predicted octanol–water partition coefficient (Wildman–Crippen LogP) is 4.38. The molecule has 90 valence electrons. The molecule has 0 saturated carbocycles. The van der Waals surface area contributed by atoms with Crippen LogP contribution in [0.3, 0.4) is 0 Å². The van der Waals surface area contributed by atoms with Crippen molar-refractivity contribution in [3.63, 3.8) is 0 Å². The SMILES string of the molecule is CCC(C)(C)c1ccc(O)c(C(C)(C)C)c1. The third-order valence-electron chi connectivity index (χ3n) is 3.47. The van der Waals surface area contributed by atoms with E-state index in [1.165, 1.54) is 5.56 Å². The molecule has 0 bridgehead atoms. The van der Waals surface area contributed by atoms with E-state index in [9.17, 15) is 5.11 Å². The summed E-state index contributed by atoms with van der Waals surface area (Å²) in [5, 5.41) is 9.91. The van der Waals surface area contributed by atoms with Crippen molar-refractivity contribution in [1.82, 2.24) is 0 Å². The number of hydrogen-bond acceptors (Lipinski definition) is 1. The molecule has 1 rings (SSSR count). The Labute approximate surface area is 99.5 Å². The van der Waals surface area contributed by atoms with Crippen LogP contribution in [0.1, 0.15) is 59.1 Å². The van der Waals surface area contributed by atoms with Crippen molar-refractivity contribution in [2.75, 3.05) is 0 Å². The Kier molecular flexibility index (Phi) is 3.37. The largest absolute Gasteiger partial charge is 0.508 e. The van der Waals surface area contributed by atoms with Crippen LogP contribution in [-0.2, 0) is 10.8 Å². The molecular weight excluding hydrogens is 196 g/mol. The van der Waals surface area contributed by atoms with Gasteiger partial charge >= 0.3 is 0 Å². The van der Waals surface area contributed by atoms with Crippen molar-refractivity contribution in [1.29, 1.82) is 0 Å². The zero-order chi connectivity index (χ0) is 12.6. The first-order valence-electron chi connectivity index (χ1n) is 6.02. The second-order valence-electron chi connectivity index (χ2n) is 6.22. The van der Waals surface area contributed by atoms with Gasteiger partial charge in [0, 0.05) is 0 Å². The fourth-order valence-electron chi connectivity index (χ4n) is 1.76. The number of hydrogen-bond donors (Lipinski definition) is 1. The van der Waals surface area contributed by atoms with E-state index < -0.39 is 0 Å². The van der Waals surface area contributed by atoms with Crippen molar-refractivity contribution >= 4 is 0 Å². The third-order valence-corrected chi connectivity index (χ3v) is 3.47. The van der Waals surface area contributed by atoms with Crippen molar-refractivity contribution in [3.8, 4) is 5.75 Å². The highest BCUT2D eigenvalue weighted by atomic mass is 16.3. The molecule has 0 amide bonds. The molecular formula is C15H24O. The monoisotopic (exact) mass is 220 g/mol. The normalized spacial score (nSPS) is 12.9. The molecule has 1 aromatic rings. The molecule has 1 nitrogen and oxygen atoms in total. The Bertz CT molecular complexity index is 370. The second kappa shape index (κ2) is 4.12. The van der Waals surface area contributed by atoms with E-state index >= 15 is 0 Å². The van der Waals surface area contributed by atoms with Gasteiger partial charge in [-0.15, -0.1) is 0 Å². The highest BCUT2D eigenvalue weighted by molar-refractivity contribution is 5.42. The standard InChI is InChI=1S/C15H24O/c1-7-15(5,6)11-8-9-13(16)12(10-11)14(2,3)4/h8-10,16H,7H2,1-6H3. The molecule has 0 aliphatic rings. The van der Waals surface area contributed by atoms with Crippen LogP contribution < -0.4 is 0 Å². The lowest BCUT2D eigenvalue weighted by Gasteiger charge is -2.27. The van der Waals surface area contributed by atoms with Crippen molar-refractivity contribution in [2.45, 2.75) is 58.8 Å².